The van der Waals surface area contributed by atoms with Gasteiger partial charge in [0.25, 0.3) is 0 Å². The van der Waals surface area contributed by atoms with Crippen LogP contribution in [0.25, 0.3) is 0 Å². The van der Waals surface area contributed by atoms with Crippen LogP contribution in [-0.4, -0.2) is 16.6 Å². The summed E-state index contributed by atoms with van der Waals surface area (Å²) in [5.41, 5.74) is 4.78. The summed E-state index contributed by atoms with van der Waals surface area (Å²) in [6.45, 7) is 3.44. The van der Waals surface area contributed by atoms with E-state index in [4.69, 9.17) is 10.8 Å². The Morgan fingerprint density at radius 2 is 2.38 bits per heavy atom. The third-order valence-corrected chi connectivity index (χ3v) is 1.38. The maximum absolute atomic E-state index is 10.1. The fraction of sp³-hybridized carbons (Fsp3) is 0.400. The van der Waals surface area contributed by atoms with Crippen LogP contribution in [0, 0.1) is 0 Å². The van der Waals surface area contributed by atoms with Crippen LogP contribution in [0.2, 0.25) is 0 Å². The number of nitrogens with two attached hydrogens (primary N) is 1. The Bertz CT molecular complexity index is 164. The quantitative estimate of drug-likeness (QED) is 0.460. The molecule has 0 amide bonds. The second-order valence-electron chi connectivity index (χ2n) is 2.06. The number of carboxylic acids is 1. The second-order valence-corrected chi connectivity index (χ2v) is 2.06. The molecule has 1 saturated carbocycles. The van der Waals surface area contributed by atoms with Gasteiger partial charge in [-0.3, -0.25) is 0 Å². The lowest BCUT2D eigenvalue weighted by molar-refractivity contribution is -0.139. The third kappa shape index (κ3) is 0.448. The molecule has 1 fully saturated rings. The van der Waals surface area contributed by atoms with Crippen molar-refractivity contribution in [2.24, 2.45) is 5.73 Å². The first-order valence-electron chi connectivity index (χ1n) is 2.28. The van der Waals surface area contributed by atoms with Gasteiger partial charge in [-0.2, -0.15) is 0 Å². The SMILES string of the molecule is C=C1CC1(N)C(=O)O. The molecule has 44 valence electrons. The van der Waals surface area contributed by atoms with Gasteiger partial charge in [-0.15, -0.1) is 0 Å². The van der Waals surface area contributed by atoms with E-state index in [9.17, 15) is 4.79 Å². The molecule has 0 aromatic carbocycles. The number of carbonyl (C=O) groups is 1. The van der Waals surface area contributed by atoms with Crippen molar-refractivity contribution in [2.75, 3.05) is 0 Å². The minimum absolute atomic E-state index is 0.433. The molecule has 0 spiro atoms. The zero-order chi connectivity index (χ0) is 6.36. The minimum Gasteiger partial charge on any atom is -0.480 e. The van der Waals surface area contributed by atoms with E-state index in [0.717, 1.165) is 0 Å². The lowest BCUT2D eigenvalue weighted by atomic mass is 10.3. The fourth-order valence-electron chi connectivity index (χ4n) is 0.519. The number of hydrogen-bond acceptors (Lipinski definition) is 2. The molecule has 1 atom stereocenters. The van der Waals surface area contributed by atoms with E-state index in [-0.39, 0.29) is 0 Å². The average molecular weight is 113 g/mol. The van der Waals surface area contributed by atoms with Gasteiger partial charge in [-0.25, -0.2) is 4.79 Å². The first kappa shape index (κ1) is 5.31. The molecular weight excluding hydrogens is 106 g/mol. The molecule has 3 N–H and O–H groups in total. The standard InChI is InChI=1S/C5H7NO2/c1-3-2-5(3,6)4(7)8/h1-2,6H2,(H,7,8). The molecule has 1 aliphatic carbocycles. The van der Waals surface area contributed by atoms with Crippen molar-refractivity contribution >= 4 is 5.97 Å². The lowest BCUT2D eigenvalue weighted by Gasteiger charge is -1.95. The Kier molecular flexibility index (Phi) is 0.739. The number of rotatable bonds is 1. The summed E-state index contributed by atoms with van der Waals surface area (Å²) in [6.07, 6.45) is 0.433. The van der Waals surface area contributed by atoms with Crippen LogP contribution in [0.3, 0.4) is 0 Å². The van der Waals surface area contributed by atoms with Crippen molar-refractivity contribution in [1.29, 1.82) is 0 Å². The molecule has 1 unspecified atom stereocenters. The van der Waals surface area contributed by atoms with E-state index in [2.05, 4.69) is 6.58 Å². The van der Waals surface area contributed by atoms with E-state index < -0.39 is 11.5 Å². The highest BCUT2D eigenvalue weighted by atomic mass is 16.4. The Morgan fingerprint density at radius 1 is 2.00 bits per heavy atom. The summed E-state index contributed by atoms with van der Waals surface area (Å²) in [6, 6.07) is 0. The summed E-state index contributed by atoms with van der Waals surface area (Å²) in [4.78, 5) is 10.1. The summed E-state index contributed by atoms with van der Waals surface area (Å²) >= 11 is 0. The molecule has 0 radical (unpaired) electrons. The van der Waals surface area contributed by atoms with Gasteiger partial charge in [0.1, 0.15) is 5.54 Å². The van der Waals surface area contributed by atoms with Crippen molar-refractivity contribution < 1.29 is 9.90 Å². The maximum atomic E-state index is 10.1. The van der Waals surface area contributed by atoms with Crippen LogP contribution in [0.4, 0.5) is 0 Å². The van der Waals surface area contributed by atoms with Crippen LogP contribution < -0.4 is 5.73 Å². The number of hydrogen-bond donors (Lipinski definition) is 2. The summed E-state index contributed by atoms with van der Waals surface area (Å²) < 4.78 is 0. The monoisotopic (exact) mass is 113 g/mol. The van der Waals surface area contributed by atoms with Crippen LogP contribution in [-0.2, 0) is 4.79 Å². The molecule has 1 rings (SSSR count). The number of carboxylic acid groups (broad SMARTS) is 1. The van der Waals surface area contributed by atoms with Gasteiger partial charge < -0.3 is 10.8 Å². The molecule has 0 heterocycles. The minimum atomic E-state index is -1.07. The molecular formula is C5H7NO2. The van der Waals surface area contributed by atoms with E-state index in [0.29, 0.717) is 12.0 Å². The van der Waals surface area contributed by atoms with Crippen LogP contribution in [0.15, 0.2) is 12.2 Å². The molecule has 8 heavy (non-hydrogen) atoms. The zero-order valence-electron chi connectivity index (χ0n) is 4.35. The highest BCUT2D eigenvalue weighted by molar-refractivity contribution is 5.89. The van der Waals surface area contributed by atoms with Crippen molar-refractivity contribution in [3.05, 3.63) is 12.2 Å². The first-order valence-corrected chi connectivity index (χ1v) is 2.28. The summed E-state index contributed by atoms with van der Waals surface area (Å²) in [5, 5.41) is 8.30. The van der Waals surface area contributed by atoms with E-state index >= 15 is 0 Å². The van der Waals surface area contributed by atoms with Gasteiger partial charge in [0.05, 0.1) is 0 Å². The van der Waals surface area contributed by atoms with Crippen LogP contribution in [0.1, 0.15) is 6.42 Å². The van der Waals surface area contributed by atoms with Gasteiger partial charge in [-0.05, 0) is 5.57 Å². The van der Waals surface area contributed by atoms with Gasteiger partial charge >= 0.3 is 5.97 Å². The van der Waals surface area contributed by atoms with E-state index in [1.807, 2.05) is 0 Å². The van der Waals surface area contributed by atoms with Crippen LogP contribution >= 0.6 is 0 Å². The summed E-state index contributed by atoms with van der Waals surface area (Å²) in [5.74, 6) is -0.970. The normalized spacial score (nSPS) is 34.9. The fourth-order valence-corrected chi connectivity index (χ4v) is 0.519. The molecule has 0 aromatic rings. The van der Waals surface area contributed by atoms with Gasteiger partial charge in [0.15, 0.2) is 0 Å². The number of aliphatic carboxylic acids is 1. The van der Waals surface area contributed by atoms with Crippen LogP contribution in [0.5, 0.6) is 0 Å². The van der Waals surface area contributed by atoms with Gasteiger partial charge in [0.2, 0.25) is 0 Å². The predicted molar refractivity (Wildman–Crippen MR) is 28.3 cm³/mol. The molecule has 0 aliphatic heterocycles. The van der Waals surface area contributed by atoms with Crippen molar-refractivity contribution in [2.45, 2.75) is 12.0 Å². The predicted octanol–water partition coefficient (Wildman–Crippen LogP) is -0.272. The molecule has 3 nitrogen and oxygen atoms in total. The zero-order valence-corrected chi connectivity index (χ0v) is 4.35. The third-order valence-electron chi connectivity index (χ3n) is 1.38. The maximum Gasteiger partial charge on any atom is 0.328 e. The highest BCUT2D eigenvalue weighted by Gasteiger charge is 2.50. The molecule has 0 saturated heterocycles. The van der Waals surface area contributed by atoms with Gasteiger partial charge in [-0.1, -0.05) is 6.58 Å². The first-order chi connectivity index (χ1) is 3.57. The Hall–Kier alpha value is -0.830. The van der Waals surface area contributed by atoms with Gasteiger partial charge in [0, 0.05) is 6.42 Å². The average Bonchev–Trinajstić information content (AvgIpc) is 2.17. The topological polar surface area (TPSA) is 63.3 Å². The van der Waals surface area contributed by atoms with E-state index in [1.54, 1.807) is 0 Å². The second kappa shape index (κ2) is 1.11. The smallest absolute Gasteiger partial charge is 0.328 e. The van der Waals surface area contributed by atoms with Crippen molar-refractivity contribution in [3.63, 3.8) is 0 Å². The van der Waals surface area contributed by atoms with Crippen molar-refractivity contribution in [1.82, 2.24) is 0 Å². The Labute approximate surface area is 46.8 Å². The molecule has 3 heteroatoms. The largest absolute Gasteiger partial charge is 0.480 e. The lowest BCUT2D eigenvalue weighted by Crippen LogP contribution is -2.32. The summed E-state index contributed by atoms with van der Waals surface area (Å²) in [7, 11) is 0. The molecule has 1 aliphatic rings. The molecule has 0 aromatic heterocycles. The highest BCUT2D eigenvalue weighted by Crippen LogP contribution is 2.38. The van der Waals surface area contributed by atoms with E-state index in [1.165, 1.54) is 0 Å². The molecule has 0 bridgehead atoms. The van der Waals surface area contributed by atoms with Crippen molar-refractivity contribution in [3.8, 4) is 0 Å². The Morgan fingerprint density at radius 3 is 2.38 bits per heavy atom. The Balaban J connectivity index is 2.73.